The van der Waals surface area contributed by atoms with E-state index >= 15 is 0 Å². The fourth-order valence-electron chi connectivity index (χ4n) is 4.85. The van der Waals surface area contributed by atoms with Crippen LogP contribution < -0.4 is 4.90 Å². The summed E-state index contributed by atoms with van der Waals surface area (Å²) >= 11 is 0. The van der Waals surface area contributed by atoms with Crippen LogP contribution in [0.4, 0.5) is 5.69 Å². The highest BCUT2D eigenvalue weighted by Gasteiger charge is 2.30. The third-order valence-corrected chi connectivity index (χ3v) is 6.44. The van der Waals surface area contributed by atoms with Crippen molar-refractivity contribution < 1.29 is 4.79 Å². The summed E-state index contributed by atoms with van der Waals surface area (Å²) in [7, 11) is 0. The molecule has 3 aromatic rings. The first-order chi connectivity index (χ1) is 14.2. The van der Waals surface area contributed by atoms with Gasteiger partial charge in [0.25, 0.3) is 0 Å². The van der Waals surface area contributed by atoms with Gasteiger partial charge in [-0.3, -0.25) is 4.79 Å². The van der Waals surface area contributed by atoms with Crippen molar-refractivity contribution in [3.63, 3.8) is 0 Å². The van der Waals surface area contributed by atoms with Gasteiger partial charge in [0.05, 0.1) is 11.6 Å². The Hall–Kier alpha value is -2.82. The van der Waals surface area contributed by atoms with Gasteiger partial charge in [0.1, 0.15) is 5.65 Å². The molecule has 150 valence electrons. The molecule has 1 amide bonds. The number of carbonyl (C=O) groups is 1. The maximum atomic E-state index is 12.9. The second kappa shape index (κ2) is 7.54. The molecule has 2 saturated heterocycles. The van der Waals surface area contributed by atoms with Gasteiger partial charge in [0.15, 0.2) is 0 Å². The molecule has 0 saturated carbocycles. The molecule has 0 spiro atoms. The number of likely N-dealkylation sites (tertiary alicyclic amines) is 1. The molecule has 2 aromatic heterocycles. The van der Waals surface area contributed by atoms with E-state index < -0.39 is 0 Å². The number of piperidine rings is 1. The minimum atomic E-state index is 0.127. The van der Waals surface area contributed by atoms with Gasteiger partial charge in [-0.05, 0) is 56.9 Å². The molecule has 4 heterocycles. The van der Waals surface area contributed by atoms with Gasteiger partial charge in [-0.15, -0.1) is 0 Å². The number of amides is 1. The van der Waals surface area contributed by atoms with Crippen molar-refractivity contribution in [1.82, 2.24) is 14.3 Å². The van der Waals surface area contributed by atoms with E-state index in [1.807, 2.05) is 18.2 Å². The summed E-state index contributed by atoms with van der Waals surface area (Å²) in [4.78, 5) is 22.2. The number of nitrogens with zero attached hydrogens (tertiary/aromatic N) is 4. The molecule has 5 rings (SSSR count). The van der Waals surface area contributed by atoms with Crippen LogP contribution in [0.1, 0.15) is 31.4 Å². The fraction of sp³-hybridized carbons (Fsp3) is 0.417. The standard InChI is InChI=1S/C24H28N4O/c1-18-23(25-22-11-2-3-15-28(18)22)19-8-6-10-21(16-19)27-14-7-9-20(17-27)24(29)26-12-4-5-13-26/h2-3,6,8,10-11,15-16,20H,4-5,7,9,12-14,17H2,1H3. The molecular weight excluding hydrogens is 360 g/mol. The Kier molecular flexibility index (Phi) is 4.74. The molecule has 1 unspecified atom stereocenters. The Labute approximate surface area is 172 Å². The maximum absolute atomic E-state index is 12.9. The van der Waals surface area contributed by atoms with Crippen molar-refractivity contribution in [1.29, 1.82) is 0 Å². The lowest BCUT2D eigenvalue weighted by Gasteiger charge is -2.35. The predicted octanol–water partition coefficient (Wildman–Crippen LogP) is 4.15. The minimum absolute atomic E-state index is 0.127. The van der Waals surface area contributed by atoms with Crippen molar-refractivity contribution in [2.75, 3.05) is 31.1 Å². The Morgan fingerprint density at radius 3 is 2.72 bits per heavy atom. The van der Waals surface area contributed by atoms with Crippen LogP contribution in [0.2, 0.25) is 0 Å². The Morgan fingerprint density at radius 2 is 1.90 bits per heavy atom. The molecule has 0 radical (unpaired) electrons. The zero-order valence-electron chi connectivity index (χ0n) is 17.1. The molecule has 1 aromatic carbocycles. The molecule has 29 heavy (non-hydrogen) atoms. The van der Waals surface area contributed by atoms with E-state index in [1.54, 1.807) is 0 Å². The van der Waals surface area contributed by atoms with Gasteiger partial charge < -0.3 is 14.2 Å². The molecule has 2 aliphatic heterocycles. The largest absolute Gasteiger partial charge is 0.371 e. The first-order valence-corrected chi connectivity index (χ1v) is 10.8. The molecule has 0 bridgehead atoms. The number of hydrogen-bond donors (Lipinski definition) is 0. The normalized spacial score (nSPS) is 19.8. The molecule has 5 heteroatoms. The smallest absolute Gasteiger partial charge is 0.227 e. The summed E-state index contributed by atoms with van der Waals surface area (Å²) in [6.45, 7) is 5.84. The summed E-state index contributed by atoms with van der Waals surface area (Å²) in [6.07, 6.45) is 6.45. The molecule has 5 nitrogen and oxygen atoms in total. The second-order valence-electron chi connectivity index (χ2n) is 8.34. The van der Waals surface area contributed by atoms with Gasteiger partial charge >= 0.3 is 0 Å². The lowest BCUT2D eigenvalue weighted by atomic mass is 9.95. The van der Waals surface area contributed by atoms with Crippen LogP contribution in [-0.4, -0.2) is 46.4 Å². The number of carbonyl (C=O) groups excluding carboxylic acids is 1. The average molecular weight is 389 g/mol. The third-order valence-electron chi connectivity index (χ3n) is 6.44. The zero-order chi connectivity index (χ0) is 19.8. The third kappa shape index (κ3) is 3.39. The van der Waals surface area contributed by atoms with E-state index in [-0.39, 0.29) is 5.92 Å². The highest BCUT2D eigenvalue weighted by molar-refractivity contribution is 5.80. The summed E-state index contributed by atoms with van der Waals surface area (Å²) in [5.74, 6) is 0.488. The van der Waals surface area contributed by atoms with Gasteiger partial charge in [-0.25, -0.2) is 4.98 Å². The molecule has 0 N–H and O–H groups in total. The van der Waals surface area contributed by atoms with E-state index in [2.05, 4.69) is 51.6 Å². The van der Waals surface area contributed by atoms with Crippen LogP contribution in [0.3, 0.4) is 0 Å². The topological polar surface area (TPSA) is 40.9 Å². The minimum Gasteiger partial charge on any atom is -0.371 e. The summed E-state index contributed by atoms with van der Waals surface area (Å²) in [5, 5.41) is 0. The Morgan fingerprint density at radius 1 is 1.03 bits per heavy atom. The second-order valence-corrected chi connectivity index (χ2v) is 8.34. The van der Waals surface area contributed by atoms with E-state index in [0.717, 1.165) is 74.5 Å². The lowest BCUT2D eigenvalue weighted by molar-refractivity contribution is -0.134. The molecule has 2 fully saturated rings. The number of imidazole rings is 1. The van der Waals surface area contributed by atoms with Crippen LogP contribution in [0.5, 0.6) is 0 Å². The lowest BCUT2D eigenvalue weighted by Crippen LogP contribution is -2.44. The number of benzene rings is 1. The number of anilines is 1. The van der Waals surface area contributed by atoms with E-state index in [1.165, 1.54) is 5.69 Å². The van der Waals surface area contributed by atoms with Crippen molar-refractivity contribution in [3.8, 4) is 11.3 Å². The molecule has 2 aliphatic rings. The predicted molar refractivity (Wildman–Crippen MR) is 116 cm³/mol. The number of aryl methyl sites for hydroxylation is 1. The summed E-state index contributed by atoms with van der Waals surface area (Å²) in [5.41, 5.74) is 5.48. The molecule has 0 aliphatic carbocycles. The SMILES string of the molecule is Cc1c(-c2cccc(N3CCCC(C(=O)N4CCCC4)C3)c2)nc2ccccn12. The van der Waals surface area contributed by atoms with E-state index in [9.17, 15) is 4.79 Å². The van der Waals surface area contributed by atoms with E-state index in [0.29, 0.717) is 5.91 Å². The van der Waals surface area contributed by atoms with Gasteiger partial charge in [0.2, 0.25) is 5.91 Å². The molecular formula is C24H28N4O. The van der Waals surface area contributed by atoms with Crippen molar-refractivity contribution in [3.05, 3.63) is 54.4 Å². The maximum Gasteiger partial charge on any atom is 0.227 e. The average Bonchev–Trinajstić information content (AvgIpc) is 3.42. The van der Waals surface area contributed by atoms with Crippen LogP contribution in [0.15, 0.2) is 48.7 Å². The number of aromatic nitrogens is 2. The van der Waals surface area contributed by atoms with Crippen LogP contribution >= 0.6 is 0 Å². The summed E-state index contributed by atoms with van der Waals surface area (Å²) in [6, 6.07) is 14.7. The van der Waals surface area contributed by atoms with Crippen LogP contribution in [0, 0.1) is 12.8 Å². The Bertz CT molecular complexity index is 1030. The van der Waals surface area contributed by atoms with Crippen LogP contribution in [0.25, 0.3) is 16.9 Å². The first-order valence-electron chi connectivity index (χ1n) is 10.8. The van der Waals surface area contributed by atoms with Crippen molar-refractivity contribution in [2.45, 2.75) is 32.6 Å². The fourth-order valence-corrected chi connectivity index (χ4v) is 4.85. The van der Waals surface area contributed by atoms with Gasteiger partial charge in [-0.1, -0.05) is 18.2 Å². The molecule has 1 atom stereocenters. The van der Waals surface area contributed by atoms with Gasteiger partial charge in [0, 0.05) is 49.3 Å². The van der Waals surface area contributed by atoms with E-state index in [4.69, 9.17) is 4.98 Å². The quantitative estimate of drug-likeness (QED) is 0.677. The Balaban J connectivity index is 1.40. The highest BCUT2D eigenvalue weighted by Crippen LogP contribution is 2.30. The zero-order valence-corrected chi connectivity index (χ0v) is 17.1. The number of pyridine rings is 1. The van der Waals surface area contributed by atoms with Crippen LogP contribution in [-0.2, 0) is 4.79 Å². The highest BCUT2D eigenvalue weighted by atomic mass is 16.2. The number of hydrogen-bond acceptors (Lipinski definition) is 3. The van der Waals surface area contributed by atoms with Crippen molar-refractivity contribution >= 4 is 17.2 Å². The first kappa shape index (κ1) is 18.2. The number of fused-ring (bicyclic) bond motifs is 1. The van der Waals surface area contributed by atoms with Gasteiger partial charge in [-0.2, -0.15) is 0 Å². The summed E-state index contributed by atoms with van der Waals surface area (Å²) < 4.78 is 2.13. The monoisotopic (exact) mass is 388 g/mol. The van der Waals surface area contributed by atoms with Crippen molar-refractivity contribution in [2.24, 2.45) is 5.92 Å². The number of rotatable bonds is 3.